The molecule has 0 aromatic carbocycles. The Hall–Kier alpha value is -1.85. The summed E-state index contributed by atoms with van der Waals surface area (Å²) < 4.78 is 0. The van der Waals surface area contributed by atoms with Crippen molar-refractivity contribution in [1.82, 2.24) is 15.5 Å². The fourth-order valence-electron chi connectivity index (χ4n) is 1.24. The molecule has 6 nitrogen and oxygen atoms in total. The highest BCUT2D eigenvalue weighted by molar-refractivity contribution is 5.76. The Labute approximate surface area is 93.1 Å². The first-order valence-electron chi connectivity index (χ1n) is 5.07. The lowest BCUT2D eigenvalue weighted by Crippen LogP contribution is -2.22. The molecule has 1 amide bonds. The van der Waals surface area contributed by atoms with Crippen LogP contribution in [0.2, 0.25) is 0 Å². The number of carbonyl (C=O) groups excluding carboxylic acids is 1. The normalized spacial score (nSPS) is 10.1. The van der Waals surface area contributed by atoms with E-state index in [-0.39, 0.29) is 18.7 Å². The second-order valence-corrected chi connectivity index (χ2v) is 3.54. The van der Waals surface area contributed by atoms with Crippen molar-refractivity contribution < 1.29 is 14.7 Å². The second-order valence-electron chi connectivity index (χ2n) is 3.54. The number of aromatic nitrogens is 2. The SMILES string of the molecule is Cc1[nH]ncc1CNC(=O)CCCC(=O)O. The first-order chi connectivity index (χ1) is 7.59. The van der Waals surface area contributed by atoms with E-state index in [9.17, 15) is 9.59 Å². The van der Waals surface area contributed by atoms with Gasteiger partial charge in [0.25, 0.3) is 0 Å². The highest BCUT2D eigenvalue weighted by Crippen LogP contribution is 2.02. The van der Waals surface area contributed by atoms with Gasteiger partial charge in [0.2, 0.25) is 5.91 Å². The molecule has 0 saturated heterocycles. The predicted octanol–water partition coefficient (Wildman–Crippen LogP) is 0.589. The molecule has 1 aromatic heterocycles. The Kier molecular flexibility index (Phi) is 4.50. The predicted molar refractivity (Wildman–Crippen MR) is 56.7 cm³/mol. The highest BCUT2D eigenvalue weighted by atomic mass is 16.4. The Morgan fingerprint density at radius 2 is 2.25 bits per heavy atom. The summed E-state index contributed by atoms with van der Waals surface area (Å²) in [4.78, 5) is 21.5. The molecular weight excluding hydrogens is 210 g/mol. The first kappa shape index (κ1) is 12.2. The van der Waals surface area contributed by atoms with E-state index in [1.165, 1.54) is 0 Å². The molecule has 1 heterocycles. The zero-order valence-electron chi connectivity index (χ0n) is 9.12. The topological polar surface area (TPSA) is 95.1 Å². The van der Waals surface area contributed by atoms with Crippen molar-refractivity contribution in [2.75, 3.05) is 0 Å². The van der Waals surface area contributed by atoms with Gasteiger partial charge in [0.05, 0.1) is 6.20 Å². The molecule has 1 rings (SSSR count). The molecular formula is C10H15N3O3. The number of aromatic amines is 1. The van der Waals surface area contributed by atoms with Crippen LogP contribution in [0.1, 0.15) is 30.5 Å². The lowest BCUT2D eigenvalue weighted by Gasteiger charge is -2.03. The summed E-state index contributed by atoms with van der Waals surface area (Å²) >= 11 is 0. The molecule has 6 heteroatoms. The van der Waals surface area contributed by atoms with E-state index in [4.69, 9.17) is 5.11 Å². The summed E-state index contributed by atoms with van der Waals surface area (Å²) in [5, 5.41) is 17.7. The molecule has 0 spiro atoms. The van der Waals surface area contributed by atoms with Gasteiger partial charge in [0.15, 0.2) is 0 Å². The van der Waals surface area contributed by atoms with Crippen LogP contribution >= 0.6 is 0 Å². The van der Waals surface area contributed by atoms with Crippen LogP contribution < -0.4 is 5.32 Å². The fourth-order valence-corrected chi connectivity index (χ4v) is 1.24. The van der Waals surface area contributed by atoms with Crippen LogP contribution in [0.5, 0.6) is 0 Å². The molecule has 0 aliphatic heterocycles. The molecule has 0 radical (unpaired) electrons. The van der Waals surface area contributed by atoms with E-state index in [0.717, 1.165) is 11.3 Å². The maximum atomic E-state index is 11.3. The molecule has 0 bridgehead atoms. The smallest absolute Gasteiger partial charge is 0.303 e. The van der Waals surface area contributed by atoms with Gasteiger partial charge in [-0.25, -0.2) is 0 Å². The summed E-state index contributed by atoms with van der Waals surface area (Å²) in [6, 6.07) is 0. The number of carbonyl (C=O) groups is 2. The van der Waals surface area contributed by atoms with Crippen molar-refractivity contribution in [2.45, 2.75) is 32.7 Å². The number of carboxylic acid groups (broad SMARTS) is 1. The van der Waals surface area contributed by atoms with Crippen LogP contribution in [-0.4, -0.2) is 27.2 Å². The quantitative estimate of drug-likeness (QED) is 0.660. The van der Waals surface area contributed by atoms with Gasteiger partial charge >= 0.3 is 5.97 Å². The number of nitrogens with one attached hydrogen (secondary N) is 2. The van der Waals surface area contributed by atoms with E-state index >= 15 is 0 Å². The van der Waals surface area contributed by atoms with Gasteiger partial charge in [-0.05, 0) is 13.3 Å². The number of rotatable bonds is 6. The third kappa shape index (κ3) is 4.12. The van der Waals surface area contributed by atoms with Crippen molar-refractivity contribution in [2.24, 2.45) is 0 Å². The van der Waals surface area contributed by atoms with Crippen LogP contribution in [0.15, 0.2) is 6.20 Å². The largest absolute Gasteiger partial charge is 0.481 e. The molecule has 3 N–H and O–H groups in total. The van der Waals surface area contributed by atoms with Gasteiger partial charge in [-0.15, -0.1) is 0 Å². The minimum absolute atomic E-state index is 0.0260. The molecule has 0 aliphatic rings. The summed E-state index contributed by atoms with van der Waals surface area (Å²) in [6.07, 6.45) is 2.29. The van der Waals surface area contributed by atoms with E-state index in [0.29, 0.717) is 13.0 Å². The minimum Gasteiger partial charge on any atom is -0.481 e. The zero-order valence-corrected chi connectivity index (χ0v) is 9.12. The fraction of sp³-hybridized carbons (Fsp3) is 0.500. The van der Waals surface area contributed by atoms with Crippen molar-refractivity contribution >= 4 is 11.9 Å². The van der Waals surface area contributed by atoms with Gasteiger partial charge in [-0.3, -0.25) is 14.7 Å². The van der Waals surface area contributed by atoms with Crippen molar-refractivity contribution in [3.05, 3.63) is 17.5 Å². The Morgan fingerprint density at radius 3 is 2.81 bits per heavy atom. The average Bonchev–Trinajstić information content (AvgIpc) is 2.60. The maximum Gasteiger partial charge on any atom is 0.303 e. The molecule has 1 aromatic rings. The van der Waals surface area contributed by atoms with Gasteiger partial charge in [-0.1, -0.05) is 0 Å². The summed E-state index contributed by atoms with van der Waals surface area (Å²) in [7, 11) is 0. The number of aryl methyl sites for hydroxylation is 1. The molecule has 0 fully saturated rings. The number of aliphatic carboxylic acids is 1. The lowest BCUT2D eigenvalue weighted by atomic mass is 10.2. The highest BCUT2D eigenvalue weighted by Gasteiger charge is 2.05. The van der Waals surface area contributed by atoms with Crippen LogP contribution in [0.25, 0.3) is 0 Å². The Bertz CT molecular complexity index is 373. The minimum atomic E-state index is -0.876. The molecule has 0 atom stereocenters. The van der Waals surface area contributed by atoms with Crippen LogP contribution in [-0.2, 0) is 16.1 Å². The average molecular weight is 225 g/mol. The zero-order chi connectivity index (χ0) is 12.0. The standard InChI is InChI=1S/C10H15N3O3/c1-7-8(6-12-13-7)5-11-9(14)3-2-4-10(15)16/h6H,2-5H2,1H3,(H,11,14)(H,12,13)(H,15,16). The van der Waals surface area contributed by atoms with Crippen molar-refractivity contribution in [3.63, 3.8) is 0 Å². The van der Waals surface area contributed by atoms with Crippen molar-refractivity contribution in [3.8, 4) is 0 Å². The van der Waals surface area contributed by atoms with E-state index < -0.39 is 5.97 Å². The first-order valence-corrected chi connectivity index (χ1v) is 5.07. The Balaban J connectivity index is 2.20. The lowest BCUT2D eigenvalue weighted by molar-refractivity contribution is -0.137. The molecule has 0 saturated carbocycles. The van der Waals surface area contributed by atoms with Gasteiger partial charge in [-0.2, -0.15) is 5.10 Å². The van der Waals surface area contributed by atoms with Crippen LogP contribution in [0.3, 0.4) is 0 Å². The number of carboxylic acids is 1. The van der Waals surface area contributed by atoms with Gasteiger partial charge in [0, 0.05) is 30.6 Å². The van der Waals surface area contributed by atoms with Gasteiger partial charge < -0.3 is 10.4 Å². The Morgan fingerprint density at radius 1 is 1.50 bits per heavy atom. The number of hydrogen-bond donors (Lipinski definition) is 3. The van der Waals surface area contributed by atoms with Crippen molar-refractivity contribution in [1.29, 1.82) is 0 Å². The summed E-state index contributed by atoms with van der Waals surface area (Å²) in [5.74, 6) is -1.01. The summed E-state index contributed by atoms with van der Waals surface area (Å²) in [6.45, 7) is 2.30. The second kappa shape index (κ2) is 5.89. The van der Waals surface area contributed by atoms with Crippen LogP contribution in [0.4, 0.5) is 0 Å². The third-order valence-electron chi connectivity index (χ3n) is 2.20. The van der Waals surface area contributed by atoms with Gasteiger partial charge in [0.1, 0.15) is 0 Å². The number of nitrogens with zero attached hydrogens (tertiary/aromatic N) is 1. The molecule has 88 valence electrons. The number of amides is 1. The molecule has 0 unspecified atom stereocenters. The number of H-pyrrole nitrogens is 1. The van der Waals surface area contributed by atoms with E-state index in [1.807, 2.05) is 6.92 Å². The van der Waals surface area contributed by atoms with E-state index in [1.54, 1.807) is 6.20 Å². The molecule has 16 heavy (non-hydrogen) atoms. The number of hydrogen-bond acceptors (Lipinski definition) is 3. The van der Waals surface area contributed by atoms with E-state index in [2.05, 4.69) is 15.5 Å². The third-order valence-corrected chi connectivity index (χ3v) is 2.20. The molecule has 0 aliphatic carbocycles. The maximum absolute atomic E-state index is 11.3. The summed E-state index contributed by atoms with van der Waals surface area (Å²) in [5.41, 5.74) is 1.86. The monoisotopic (exact) mass is 225 g/mol. The van der Waals surface area contributed by atoms with Crippen LogP contribution in [0, 0.1) is 6.92 Å².